The van der Waals surface area contributed by atoms with Crippen molar-refractivity contribution in [3.8, 4) is 0 Å². The number of nitrogen functional groups attached to an aromatic ring is 1. The first-order valence-corrected chi connectivity index (χ1v) is 6.88. The molecule has 0 heterocycles. The Bertz CT molecular complexity index is 571. The number of anilines is 1. The lowest BCUT2D eigenvalue weighted by Crippen LogP contribution is -2.33. The number of carbonyl (C=O) groups is 1. The number of nitro groups is 1. The Labute approximate surface area is 123 Å². The summed E-state index contributed by atoms with van der Waals surface area (Å²) in [6.07, 6.45) is 2.97. The number of nitrogens with two attached hydrogens (primary N) is 1. The summed E-state index contributed by atoms with van der Waals surface area (Å²) in [5, 5.41) is 13.8. The summed E-state index contributed by atoms with van der Waals surface area (Å²) in [4.78, 5) is 22.5. The lowest BCUT2D eigenvalue weighted by atomic mass is 9.92. The third-order valence-electron chi connectivity index (χ3n) is 3.91. The molecule has 1 unspecified atom stereocenters. The van der Waals surface area contributed by atoms with E-state index in [4.69, 9.17) is 5.84 Å². The van der Waals surface area contributed by atoms with Gasteiger partial charge in [0.25, 0.3) is 11.6 Å². The largest absolute Gasteiger partial charge is 0.349 e. The van der Waals surface area contributed by atoms with Crippen molar-refractivity contribution in [2.45, 2.75) is 39.2 Å². The molecule has 1 aliphatic rings. The molecule has 114 valence electrons. The van der Waals surface area contributed by atoms with E-state index in [1.165, 1.54) is 18.2 Å². The molecule has 0 radical (unpaired) electrons. The Kier molecular flexibility index (Phi) is 4.13. The highest BCUT2D eigenvalue weighted by molar-refractivity contribution is 5.96. The van der Waals surface area contributed by atoms with Crippen LogP contribution in [-0.4, -0.2) is 16.9 Å². The van der Waals surface area contributed by atoms with Gasteiger partial charge in [-0.15, -0.1) is 0 Å². The van der Waals surface area contributed by atoms with Crippen molar-refractivity contribution in [1.82, 2.24) is 5.32 Å². The molecule has 1 amide bonds. The Morgan fingerprint density at radius 3 is 2.71 bits per heavy atom. The average Bonchev–Trinajstić information content (AvgIpc) is 2.76. The fourth-order valence-corrected chi connectivity index (χ4v) is 2.78. The number of nitro benzene ring substituents is 1. The molecule has 0 bridgehead atoms. The quantitative estimate of drug-likeness (QED) is 0.447. The highest BCUT2D eigenvalue weighted by Crippen LogP contribution is 2.37. The van der Waals surface area contributed by atoms with Crippen molar-refractivity contribution >= 4 is 17.3 Å². The van der Waals surface area contributed by atoms with Gasteiger partial charge in [-0.05, 0) is 36.8 Å². The molecule has 2 rings (SSSR count). The zero-order chi connectivity index (χ0) is 15.6. The fraction of sp³-hybridized carbons (Fsp3) is 0.500. The molecular formula is C14H20N4O3. The van der Waals surface area contributed by atoms with Crippen LogP contribution >= 0.6 is 0 Å². The van der Waals surface area contributed by atoms with E-state index in [0.717, 1.165) is 19.3 Å². The third kappa shape index (κ3) is 3.49. The second-order valence-corrected chi connectivity index (χ2v) is 6.21. The summed E-state index contributed by atoms with van der Waals surface area (Å²) >= 11 is 0. The van der Waals surface area contributed by atoms with Crippen LogP contribution in [-0.2, 0) is 0 Å². The van der Waals surface area contributed by atoms with E-state index in [-0.39, 0.29) is 28.7 Å². The summed E-state index contributed by atoms with van der Waals surface area (Å²) in [6, 6.07) is 4.27. The van der Waals surface area contributed by atoms with Crippen LogP contribution in [0.4, 0.5) is 11.4 Å². The van der Waals surface area contributed by atoms with Gasteiger partial charge in [-0.25, -0.2) is 0 Å². The molecule has 0 saturated heterocycles. The van der Waals surface area contributed by atoms with Gasteiger partial charge in [0.2, 0.25) is 0 Å². The molecule has 7 heteroatoms. The minimum Gasteiger partial charge on any atom is -0.349 e. The summed E-state index contributed by atoms with van der Waals surface area (Å²) in [6.45, 7) is 4.36. The van der Waals surface area contributed by atoms with E-state index in [9.17, 15) is 14.9 Å². The van der Waals surface area contributed by atoms with Crippen molar-refractivity contribution in [2.75, 3.05) is 5.43 Å². The monoisotopic (exact) mass is 292 g/mol. The molecular weight excluding hydrogens is 272 g/mol. The first-order chi connectivity index (χ1) is 9.82. The number of nitrogens with one attached hydrogen (secondary N) is 2. The van der Waals surface area contributed by atoms with E-state index in [0.29, 0.717) is 5.56 Å². The number of benzene rings is 1. The second-order valence-electron chi connectivity index (χ2n) is 6.21. The summed E-state index contributed by atoms with van der Waals surface area (Å²) < 4.78 is 0. The highest BCUT2D eigenvalue weighted by atomic mass is 16.6. The van der Waals surface area contributed by atoms with E-state index < -0.39 is 4.92 Å². The molecule has 4 N–H and O–H groups in total. The van der Waals surface area contributed by atoms with Crippen LogP contribution in [0.2, 0.25) is 0 Å². The molecule has 1 fully saturated rings. The van der Waals surface area contributed by atoms with Gasteiger partial charge in [-0.2, -0.15) is 0 Å². The normalized spacial score (nSPS) is 20.0. The van der Waals surface area contributed by atoms with Crippen LogP contribution in [0.25, 0.3) is 0 Å². The van der Waals surface area contributed by atoms with Gasteiger partial charge in [0.05, 0.1) is 4.92 Å². The number of amides is 1. The van der Waals surface area contributed by atoms with Crippen LogP contribution in [0.1, 0.15) is 43.5 Å². The molecule has 1 atom stereocenters. The highest BCUT2D eigenvalue weighted by Gasteiger charge is 2.32. The maximum atomic E-state index is 12.2. The minimum absolute atomic E-state index is 0.124. The zero-order valence-corrected chi connectivity index (χ0v) is 12.2. The first-order valence-electron chi connectivity index (χ1n) is 6.88. The van der Waals surface area contributed by atoms with Gasteiger partial charge in [0, 0.05) is 17.7 Å². The topological polar surface area (TPSA) is 110 Å². The number of hydrazine groups is 1. The van der Waals surface area contributed by atoms with Crippen molar-refractivity contribution in [2.24, 2.45) is 11.3 Å². The molecule has 1 saturated carbocycles. The fourth-order valence-electron chi connectivity index (χ4n) is 2.78. The number of carbonyl (C=O) groups excluding carboxylic acids is 1. The van der Waals surface area contributed by atoms with Gasteiger partial charge in [0.15, 0.2) is 0 Å². The van der Waals surface area contributed by atoms with Gasteiger partial charge in [-0.1, -0.05) is 13.8 Å². The molecule has 0 spiro atoms. The SMILES string of the molecule is CC1(C)CCC(NC(=O)c2ccc([N+](=O)[O-])c(NN)c2)C1. The number of nitrogens with zero attached hydrogens (tertiary/aromatic N) is 1. The number of hydrogen-bond donors (Lipinski definition) is 3. The molecule has 0 aromatic heterocycles. The van der Waals surface area contributed by atoms with E-state index >= 15 is 0 Å². The summed E-state index contributed by atoms with van der Waals surface area (Å²) in [5.41, 5.74) is 2.83. The molecule has 1 aliphatic carbocycles. The predicted octanol–water partition coefficient (Wildman–Crippen LogP) is 2.19. The van der Waals surface area contributed by atoms with Gasteiger partial charge in [-0.3, -0.25) is 20.8 Å². The number of hydrogen-bond acceptors (Lipinski definition) is 5. The molecule has 1 aromatic carbocycles. The van der Waals surface area contributed by atoms with E-state index in [1.54, 1.807) is 0 Å². The Hall–Kier alpha value is -2.15. The van der Waals surface area contributed by atoms with Crippen LogP contribution < -0.4 is 16.6 Å². The van der Waals surface area contributed by atoms with Gasteiger partial charge >= 0.3 is 0 Å². The van der Waals surface area contributed by atoms with Crippen molar-refractivity contribution < 1.29 is 9.72 Å². The second kappa shape index (κ2) is 5.69. The Morgan fingerprint density at radius 2 is 2.19 bits per heavy atom. The van der Waals surface area contributed by atoms with Crippen LogP contribution in [0, 0.1) is 15.5 Å². The third-order valence-corrected chi connectivity index (χ3v) is 3.91. The lowest BCUT2D eigenvalue weighted by Gasteiger charge is -2.18. The van der Waals surface area contributed by atoms with Gasteiger partial charge in [0.1, 0.15) is 5.69 Å². The number of rotatable bonds is 4. The van der Waals surface area contributed by atoms with Crippen LogP contribution in [0.3, 0.4) is 0 Å². The van der Waals surface area contributed by atoms with Crippen molar-refractivity contribution in [3.05, 3.63) is 33.9 Å². The van der Waals surface area contributed by atoms with E-state index in [1.807, 2.05) is 0 Å². The van der Waals surface area contributed by atoms with E-state index in [2.05, 4.69) is 24.6 Å². The smallest absolute Gasteiger partial charge is 0.293 e. The lowest BCUT2D eigenvalue weighted by molar-refractivity contribution is -0.384. The predicted molar refractivity (Wildman–Crippen MR) is 79.8 cm³/mol. The van der Waals surface area contributed by atoms with Gasteiger partial charge < -0.3 is 10.7 Å². The maximum Gasteiger partial charge on any atom is 0.293 e. The Morgan fingerprint density at radius 1 is 1.48 bits per heavy atom. The standard InChI is InChI=1S/C14H20N4O3/c1-14(2)6-5-10(8-14)16-13(19)9-3-4-12(18(20)21)11(7-9)17-15/h3-4,7,10,17H,5-6,8,15H2,1-2H3,(H,16,19). The van der Waals surface area contributed by atoms with Crippen molar-refractivity contribution in [3.63, 3.8) is 0 Å². The van der Waals surface area contributed by atoms with Crippen LogP contribution in [0.15, 0.2) is 18.2 Å². The Balaban J connectivity index is 2.11. The minimum atomic E-state index is -0.545. The zero-order valence-electron chi connectivity index (χ0n) is 12.2. The average molecular weight is 292 g/mol. The van der Waals surface area contributed by atoms with Crippen molar-refractivity contribution in [1.29, 1.82) is 0 Å². The van der Waals surface area contributed by atoms with Crippen LogP contribution in [0.5, 0.6) is 0 Å². The first kappa shape index (κ1) is 15.2. The summed E-state index contributed by atoms with van der Waals surface area (Å²) in [5.74, 6) is 5.04. The molecule has 0 aliphatic heterocycles. The maximum absolute atomic E-state index is 12.2. The molecule has 7 nitrogen and oxygen atoms in total. The molecule has 21 heavy (non-hydrogen) atoms. The molecule has 1 aromatic rings. The summed E-state index contributed by atoms with van der Waals surface area (Å²) in [7, 11) is 0.